The molecule has 0 aromatic heterocycles. The Bertz CT molecular complexity index is 972. The van der Waals surface area contributed by atoms with E-state index in [1.165, 1.54) is 5.57 Å². The number of ether oxygens (including phenoxy) is 1. The number of methoxy groups -OCH3 is 1. The number of carbonyl (C=O) groups excluding carboxylic acids is 1. The van der Waals surface area contributed by atoms with E-state index in [0.717, 1.165) is 51.4 Å². The lowest BCUT2D eigenvalue weighted by Crippen LogP contribution is -2.67. The SMILES string of the molecule is COC(=O)[C@]12CCC(C)(C)C[C@H]1C1=CC[C@H]3[C@@]4(C)C[C@@H](O)[C@@H](CO)[C@@](C)(CO)[C@@H]4CC[C@@]3(C)[C@]1(C)CC2. The van der Waals surface area contributed by atoms with Gasteiger partial charge in [0.05, 0.1) is 18.6 Å². The van der Waals surface area contributed by atoms with Crippen LogP contribution in [-0.2, 0) is 9.53 Å². The minimum Gasteiger partial charge on any atom is -0.469 e. The Morgan fingerprint density at radius 2 is 1.65 bits per heavy atom. The molecule has 0 radical (unpaired) electrons. The molecule has 4 saturated carbocycles. The highest BCUT2D eigenvalue weighted by atomic mass is 16.5. The molecular weight excluding hydrogens is 464 g/mol. The molecule has 0 aromatic carbocycles. The van der Waals surface area contributed by atoms with Gasteiger partial charge in [0.1, 0.15) is 0 Å². The highest BCUT2D eigenvalue weighted by Gasteiger charge is 2.70. The molecular formula is C32H52O5. The fraction of sp³-hybridized carbons (Fsp3) is 0.906. The van der Waals surface area contributed by atoms with Crippen LogP contribution >= 0.6 is 0 Å². The van der Waals surface area contributed by atoms with E-state index in [1.807, 2.05) is 0 Å². The van der Waals surface area contributed by atoms with E-state index < -0.39 is 16.9 Å². The van der Waals surface area contributed by atoms with Crippen molar-refractivity contribution in [2.45, 2.75) is 105 Å². The van der Waals surface area contributed by atoms with Gasteiger partial charge in [0, 0.05) is 24.5 Å². The Balaban J connectivity index is 1.60. The van der Waals surface area contributed by atoms with Crippen LogP contribution in [0.4, 0.5) is 0 Å². The van der Waals surface area contributed by atoms with E-state index in [1.54, 1.807) is 7.11 Å². The maximum absolute atomic E-state index is 13.4. The number of aliphatic hydroxyl groups is 3. The van der Waals surface area contributed by atoms with E-state index in [9.17, 15) is 20.1 Å². The molecule has 0 heterocycles. The Labute approximate surface area is 224 Å². The van der Waals surface area contributed by atoms with Crippen molar-refractivity contribution in [3.8, 4) is 0 Å². The maximum atomic E-state index is 13.4. The molecule has 5 aliphatic rings. The first-order valence-electron chi connectivity index (χ1n) is 14.9. The summed E-state index contributed by atoms with van der Waals surface area (Å²) in [5.74, 6) is 0.570. The largest absolute Gasteiger partial charge is 0.469 e. The zero-order chi connectivity index (χ0) is 27.2. The van der Waals surface area contributed by atoms with Crippen LogP contribution in [0.5, 0.6) is 0 Å². The number of fused-ring (bicyclic) bond motifs is 7. The third-order valence-electron chi connectivity index (χ3n) is 13.8. The van der Waals surface area contributed by atoms with Crippen LogP contribution in [0, 0.1) is 56.2 Å². The van der Waals surface area contributed by atoms with Gasteiger partial charge < -0.3 is 20.1 Å². The summed E-state index contributed by atoms with van der Waals surface area (Å²) in [7, 11) is 1.56. The van der Waals surface area contributed by atoms with Crippen LogP contribution in [0.3, 0.4) is 0 Å². The van der Waals surface area contributed by atoms with Gasteiger partial charge in [0.15, 0.2) is 0 Å². The molecule has 210 valence electrons. The van der Waals surface area contributed by atoms with E-state index in [0.29, 0.717) is 12.3 Å². The van der Waals surface area contributed by atoms with E-state index >= 15 is 0 Å². The summed E-state index contributed by atoms with van der Waals surface area (Å²) in [4.78, 5) is 13.4. The fourth-order valence-corrected chi connectivity index (χ4v) is 11.4. The van der Waals surface area contributed by atoms with Gasteiger partial charge in [-0.2, -0.15) is 0 Å². The van der Waals surface area contributed by atoms with Crippen molar-refractivity contribution in [2.24, 2.45) is 56.2 Å². The van der Waals surface area contributed by atoms with Crippen molar-refractivity contribution in [3.63, 3.8) is 0 Å². The molecule has 0 saturated heterocycles. The van der Waals surface area contributed by atoms with Crippen molar-refractivity contribution in [2.75, 3.05) is 20.3 Å². The predicted octanol–water partition coefficient (Wildman–Crippen LogP) is 5.51. The monoisotopic (exact) mass is 516 g/mol. The number of hydrogen-bond acceptors (Lipinski definition) is 5. The minimum absolute atomic E-state index is 0.00383. The Hall–Kier alpha value is -0.910. The average molecular weight is 517 g/mol. The first kappa shape index (κ1) is 27.6. The molecule has 0 amide bonds. The molecule has 3 N–H and O–H groups in total. The van der Waals surface area contributed by atoms with Gasteiger partial charge in [-0.25, -0.2) is 0 Å². The number of allylic oxidation sites excluding steroid dienone is 2. The summed E-state index contributed by atoms with van der Waals surface area (Å²) in [6.45, 7) is 14.1. The third-order valence-corrected chi connectivity index (χ3v) is 13.8. The van der Waals surface area contributed by atoms with E-state index in [-0.39, 0.29) is 58.6 Å². The van der Waals surface area contributed by atoms with Crippen LogP contribution < -0.4 is 0 Å². The standard InChI is InChI=1S/C32H52O5/c1-27(2)12-14-32(26(36)37-7)15-13-30(5)20(21(32)16-27)8-9-25-28(3)17-23(35)22(18-33)29(4,19-34)24(28)10-11-31(25,30)6/h8,21-25,33-35H,9-19H2,1-7H3/t21-,22+,23+,24+,25-,28-,29+,30+,31+,32-/m0/s1. The highest BCUT2D eigenvalue weighted by Crippen LogP contribution is 2.76. The lowest BCUT2D eigenvalue weighted by molar-refractivity contribution is -0.233. The zero-order valence-corrected chi connectivity index (χ0v) is 24.4. The molecule has 37 heavy (non-hydrogen) atoms. The summed E-state index contributed by atoms with van der Waals surface area (Å²) in [5.41, 5.74) is 0.745. The number of rotatable bonds is 3. The number of esters is 1. The summed E-state index contributed by atoms with van der Waals surface area (Å²) >= 11 is 0. The van der Waals surface area contributed by atoms with E-state index in [4.69, 9.17) is 4.74 Å². The molecule has 0 spiro atoms. The Morgan fingerprint density at radius 1 is 0.973 bits per heavy atom. The molecule has 0 bridgehead atoms. The second kappa shape index (κ2) is 8.54. The van der Waals surface area contributed by atoms with Gasteiger partial charge >= 0.3 is 5.97 Å². The maximum Gasteiger partial charge on any atom is 0.312 e. The smallest absolute Gasteiger partial charge is 0.312 e. The average Bonchev–Trinajstić information content (AvgIpc) is 2.83. The molecule has 10 atom stereocenters. The summed E-state index contributed by atoms with van der Waals surface area (Å²) < 4.78 is 5.48. The van der Waals surface area contributed by atoms with Crippen molar-refractivity contribution < 1.29 is 24.9 Å². The minimum atomic E-state index is -0.610. The number of carbonyl (C=O) groups is 1. The molecule has 5 heteroatoms. The van der Waals surface area contributed by atoms with Crippen molar-refractivity contribution in [3.05, 3.63) is 11.6 Å². The molecule has 0 aromatic rings. The van der Waals surface area contributed by atoms with Gasteiger partial charge in [0.25, 0.3) is 0 Å². The molecule has 5 rings (SSSR count). The van der Waals surface area contributed by atoms with Crippen LogP contribution in [-0.4, -0.2) is 47.7 Å². The second-order valence-corrected chi connectivity index (χ2v) is 15.6. The Kier molecular flexibility index (Phi) is 6.38. The quantitative estimate of drug-likeness (QED) is 0.340. The van der Waals surface area contributed by atoms with Crippen molar-refractivity contribution >= 4 is 5.97 Å². The van der Waals surface area contributed by atoms with Gasteiger partial charge in [-0.05, 0) is 97.2 Å². The van der Waals surface area contributed by atoms with Gasteiger partial charge in [0.2, 0.25) is 0 Å². The zero-order valence-electron chi connectivity index (χ0n) is 24.4. The number of hydrogen-bond donors (Lipinski definition) is 3. The molecule has 5 nitrogen and oxygen atoms in total. The van der Waals surface area contributed by atoms with Crippen LogP contribution in [0.25, 0.3) is 0 Å². The van der Waals surface area contributed by atoms with Gasteiger partial charge in [-0.1, -0.05) is 53.2 Å². The van der Waals surface area contributed by atoms with Crippen LogP contribution in [0.1, 0.15) is 99.3 Å². The topological polar surface area (TPSA) is 87.0 Å². The van der Waals surface area contributed by atoms with Crippen molar-refractivity contribution in [1.82, 2.24) is 0 Å². The first-order valence-corrected chi connectivity index (χ1v) is 14.9. The lowest BCUT2D eigenvalue weighted by atomic mass is 9.33. The first-order chi connectivity index (χ1) is 17.2. The van der Waals surface area contributed by atoms with Crippen LogP contribution in [0.15, 0.2) is 11.6 Å². The molecule has 0 aliphatic heterocycles. The number of aliphatic hydroxyl groups excluding tert-OH is 3. The normalized spacial score (nSPS) is 52.6. The highest BCUT2D eigenvalue weighted by molar-refractivity contribution is 5.78. The molecule has 0 unspecified atom stereocenters. The fourth-order valence-electron chi connectivity index (χ4n) is 11.4. The summed E-state index contributed by atoms with van der Waals surface area (Å²) in [6.07, 6.45) is 10.5. The Morgan fingerprint density at radius 3 is 2.27 bits per heavy atom. The van der Waals surface area contributed by atoms with Crippen molar-refractivity contribution in [1.29, 1.82) is 0 Å². The van der Waals surface area contributed by atoms with Gasteiger partial charge in [-0.3, -0.25) is 4.79 Å². The third kappa shape index (κ3) is 3.41. The second-order valence-electron chi connectivity index (χ2n) is 15.6. The lowest BCUT2D eigenvalue weighted by Gasteiger charge is -2.72. The van der Waals surface area contributed by atoms with E-state index in [2.05, 4.69) is 47.6 Å². The summed E-state index contributed by atoms with van der Waals surface area (Å²) in [6, 6.07) is 0. The molecule has 4 fully saturated rings. The summed E-state index contributed by atoms with van der Waals surface area (Å²) in [5, 5.41) is 32.1. The molecule has 5 aliphatic carbocycles. The predicted molar refractivity (Wildman–Crippen MR) is 144 cm³/mol. The van der Waals surface area contributed by atoms with Crippen LogP contribution in [0.2, 0.25) is 0 Å². The van der Waals surface area contributed by atoms with Gasteiger partial charge in [-0.15, -0.1) is 0 Å².